The quantitative estimate of drug-likeness (QED) is 0.298. The Kier molecular flexibility index (Phi) is 13.1. The van der Waals surface area contributed by atoms with E-state index in [9.17, 15) is 0 Å². The first-order chi connectivity index (χ1) is 11.7. The van der Waals surface area contributed by atoms with E-state index in [-0.39, 0.29) is 0 Å². The van der Waals surface area contributed by atoms with Crippen LogP contribution in [-0.4, -0.2) is 34.5 Å². The van der Waals surface area contributed by atoms with Crippen LogP contribution < -0.4 is 0 Å². The minimum atomic E-state index is 1.14. The van der Waals surface area contributed by atoms with Gasteiger partial charge in [0.25, 0.3) is 0 Å². The fraction of sp³-hybridized carbons (Fsp3) is 0.667. The Hall–Kier alpha value is 1.32. The average molecular weight is 439 g/mol. The first-order valence-electron chi connectivity index (χ1n) is 8.70. The molecule has 0 aromatic heterocycles. The summed E-state index contributed by atoms with van der Waals surface area (Å²) in [5.74, 6) is 6.84. The van der Waals surface area contributed by atoms with E-state index in [4.69, 9.17) is 0 Å². The zero-order valence-electron chi connectivity index (χ0n) is 15.7. The fourth-order valence-electron chi connectivity index (χ4n) is 2.27. The molecule has 0 heterocycles. The molecule has 0 aliphatic rings. The third-order valence-corrected chi connectivity index (χ3v) is 9.66. The molecule has 1 rings (SSSR count). The molecule has 0 saturated carbocycles. The van der Waals surface area contributed by atoms with E-state index in [2.05, 4.69) is 41.5 Å². The molecule has 138 valence electrons. The van der Waals surface area contributed by atoms with Crippen LogP contribution in [0.15, 0.2) is 29.4 Å². The van der Waals surface area contributed by atoms with Gasteiger partial charge in [-0.1, -0.05) is 41.5 Å². The van der Waals surface area contributed by atoms with Gasteiger partial charge in [0.1, 0.15) is 0 Å². The van der Waals surface area contributed by atoms with Crippen LogP contribution >= 0.6 is 70.6 Å². The molecule has 0 aliphatic heterocycles. The molecule has 0 N–H and O–H groups in total. The Bertz CT molecular complexity index is 365. The van der Waals surface area contributed by atoms with Crippen LogP contribution in [0.5, 0.6) is 0 Å². The molecule has 1 aromatic rings. The number of rotatable bonds is 12. The largest absolute Gasteiger partial charge is 0.124 e. The highest BCUT2D eigenvalue weighted by Crippen LogP contribution is 2.53. The minimum absolute atomic E-state index is 1.14. The van der Waals surface area contributed by atoms with Gasteiger partial charge in [-0.25, -0.2) is 0 Å². The topological polar surface area (TPSA) is 0 Å². The Balaban J connectivity index is 3.74. The Morgan fingerprint density at radius 3 is 0.542 bits per heavy atom. The summed E-state index contributed by atoms with van der Waals surface area (Å²) in [7, 11) is 0. The van der Waals surface area contributed by atoms with Gasteiger partial charge < -0.3 is 0 Å². The lowest BCUT2D eigenvalue weighted by Crippen LogP contribution is -1.98. The molecular weight excluding hydrogens is 409 g/mol. The summed E-state index contributed by atoms with van der Waals surface area (Å²) in [4.78, 5) is 9.27. The normalized spacial score (nSPS) is 11.2. The maximum absolute atomic E-state index is 2.28. The van der Waals surface area contributed by atoms with Gasteiger partial charge in [0, 0.05) is 29.4 Å². The van der Waals surface area contributed by atoms with E-state index in [1.54, 1.807) is 29.4 Å². The molecule has 1 aromatic carbocycles. The van der Waals surface area contributed by atoms with Gasteiger partial charge in [0.2, 0.25) is 0 Å². The highest BCUT2D eigenvalue weighted by Gasteiger charge is 2.24. The molecule has 0 saturated heterocycles. The summed E-state index contributed by atoms with van der Waals surface area (Å²) in [5.41, 5.74) is 0. The molecule has 0 amide bonds. The Morgan fingerprint density at radius 1 is 0.333 bits per heavy atom. The van der Waals surface area contributed by atoms with Crippen LogP contribution in [0.2, 0.25) is 0 Å². The molecule has 0 unspecified atom stereocenters. The average Bonchev–Trinajstić information content (AvgIpc) is 2.57. The third kappa shape index (κ3) is 6.19. The highest BCUT2D eigenvalue weighted by molar-refractivity contribution is 8.06. The summed E-state index contributed by atoms with van der Waals surface area (Å²) in [5, 5.41) is 0. The lowest BCUT2D eigenvalue weighted by atomic mass is 10.3. The summed E-state index contributed by atoms with van der Waals surface area (Å²) in [6, 6.07) is 0. The summed E-state index contributed by atoms with van der Waals surface area (Å²) < 4.78 is 0. The zero-order valence-corrected chi connectivity index (χ0v) is 20.6. The van der Waals surface area contributed by atoms with Crippen LogP contribution in [0.4, 0.5) is 0 Å². The van der Waals surface area contributed by atoms with Crippen LogP contribution in [0.1, 0.15) is 41.5 Å². The summed E-state index contributed by atoms with van der Waals surface area (Å²) in [6.07, 6.45) is 0. The maximum atomic E-state index is 2.28. The third-order valence-electron chi connectivity index (χ3n) is 2.97. The monoisotopic (exact) mass is 438 g/mol. The van der Waals surface area contributed by atoms with Crippen molar-refractivity contribution in [3.8, 4) is 0 Å². The number of benzene rings is 1. The van der Waals surface area contributed by atoms with Crippen molar-refractivity contribution in [1.82, 2.24) is 0 Å². The van der Waals surface area contributed by atoms with Crippen molar-refractivity contribution in [2.24, 2.45) is 0 Å². The summed E-state index contributed by atoms with van der Waals surface area (Å²) >= 11 is 12.2. The van der Waals surface area contributed by atoms with E-state index in [0.717, 1.165) is 34.5 Å². The molecule has 0 fully saturated rings. The van der Waals surface area contributed by atoms with Gasteiger partial charge in [-0.2, -0.15) is 0 Å². The molecule has 6 heteroatoms. The van der Waals surface area contributed by atoms with E-state index in [1.807, 2.05) is 70.6 Å². The van der Waals surface area contributed by atoms with Gasteiger partial charge in [-0.05, 0) is 34.5 Å². The number of thioether (sulfide) groups is 6. The number of hydrogen-bond donors (Lipinski definition) is 0. The predicted octanol–water partition coefficient (Wildman–Crippen LogP) is 8.36. The predicted molar refractivity (Wildman–Crippen MR) is 125 cm³/mol. The molecule has 0 spiro atoms. The molecule has 0 atom stereocenters. The van der Waals surface area contributed by atoms with Gasteiger partial charge in [-0.15, -0.1) is 70.6 Å². The molecule has 24 heavy (non-hydrogen) atoms. The standard InChI is InChI=1S/C18H30S6/c1-7-19-13-14(20-8-2)16(22-10-4)18(24-12-6)17(23-11-5)15(13)21-9-3/h7-12H2,1-6H3. The van der Waals surface area contributed by atoms with Crippen molar-refractivity contribution in [2.75, 3.05) is 34.5 Å². The van der Waals surface area contributed by atoms with Crippen molar-refractivity contribution in [3.63, 3.8) is 0 Å². The van der Waals surface area contributed by atoms with Crippen LogP contribution in [0.3, 0.4) is 0 Å². The first-order valence-corrected chi connectivity index (χ1v) is 14.6. The number of hydrogen-bond acceptors (Lipinski definition) is 6. The second-order valence-corrected chi connectivity index (χ2v) is 12.2. The van der Waals surface area contributed by atoms with E-state index in [0.29, 0.717) is 0 Å². The second kappa shape index (κ2) is 13.5. The molecule has 0 bridgehead atoms. The van der Waals surface area contributed by atoms with Crippen LogP contribution in [0, 0.1) is 0 Å². The smallest absolute Gasteiger partial charge is 0.0368 e. The van der Waals surface area contributed by atoms with Crippen molar-refractivity contribution in [2.45, 2.75) is 70.9 Å². The van der Waals surface area contributed by atoms with Gasteiger partial charge in [0.05, 0.1) is 0 Å². The second-order valence-electron chi connectivity index (χ2n) is 4.57. The lowest BCUT2D eigenvalue weighted by Gasteiger charge is -2.24. The SMILES string of the molecule is CCSc1c(SCC)c(SCC)c(SCC)c(SCC)c1SCC. The molecule has 0 radical (unpaired) electrons. The zero-order chi connectivity index (χ0) is 17.9. The van der Waals surface area contributed by atoms with Crippen molar-refractivity contribution >= 4 is 70.6 Å². The van der Waals surface area contributed by atoms with Gasteiger partial charge in [-0.3, -0.25) is 0 Å². The van der Waals surface area contributed by atoms with Gasteiger partial charge in [0.15, 0.2) is 0 Å². The molecule has 0 nitrogen and oxygen atoms in total. The van der Waals surface area contributed by atoms with Gasteiger partial charge >= 0.3 is 0 Å². The highest BCUT2D eigenvalue weighted by atomic mass is 32.2. The summed E-state index contributed by atoms with van der Waals surface area (Å²) in [6.45, 7) is 13.7. The van der Waals surface area contributed by atoms with Crippen molar-refractivity contribution in [1.29, 1.82) is 0 Å². The first kappa shape index (κ1) is 23.4. The van der Waals surface area contributed by atoms with Crippen LogP contribution in [-0.2, 0) is 0 Å². The molecular formula is C18H30S6. The van der Waals surface area contributed by atoms with Crippen LogP contribution in [0.25, 0.3) is 0 Å². The van der Waals surface area contributed by atoms with E-state index in [1.165, 1.54) is 0 Å². The van der Waals surface area contributed by atoms with Crippen molar-refractivity contribution < 1.29 is 0 Å². The Morgan fingerprint density at radius 2 is 0.458 bits per heavy atom. The van der Waals surface area contributed by atoms with E-state index < -0.39 is 0 Å². The fourth-order valence-corrected chi connectivity index (χ4v) is 9.31. The maximum Gasteiger partial charge on any atom is 0.0368 e. The minimum Gasteiger partial charge on any atom is -0.124 e. The Labute approximate surface area is 175 Å². The lowest BCUT2D eigenvalue weighted by molar-refractivity contribution is 0.873. The molecule has 0 aliphatic carbocycles. The van der Waals surface area contributed by atoms with E-state index >= 15 is 0 Å². The van der Waals surface area contributed by atoms with Crippen molar-refractivity contribution in [3.05, 3.63) is 0 Å².